The lowest BCUT2D eigenvalue weighted by atomic mass is 9.95. The van der Waals surface area contributed by atoms with Crippen LogP contribution in [0.25, 0.3) is 0 Å². The third-order valence-electron chi connectivity index (χ3n) is 2.39. The Balaban J connectivity index is 2.95. The average Bonchev–Trinajstić information content (AvgIpc) is 2.23. The Hall–Kier alpha value is -1.29. The molecule has 0 spiro atoms. The Morgan fingerprint density at radius 2 is 2.00 bits per heavy atom. The van der Waals surface area contributed by atoms with Gasteiger partial charge in [0.15, 0.2) is 5.82 Å². The van der Waals surface area contributed by atoms with E-state index >= 15 is 0 Å². The summed E-state index contributed by atoms with van der Waals surface area (Å²) in [5.74, 6) is -0.0478. The van der Waals surface area contributed by atoms with E-state index in [1.807, 2.05) is 20.8 Å². The number of halogens is 2. The Morgan fingerprint density at radius 3 is 2.53 bits per heavy atom. The van der Waals surface area contributed by atoms with Gasteiger partial charge in [0.05, 0.1) is 23.1 Å². The van der Waals surface area contributed by atoms with E-state index in [0.29, 0.717) is 11.4 Å². The van der Waals surface area contributed by atoms with Gasteiger partial charge >= 0.3 is 0 Å². The van der Waals surface area contributed by atoms with Gasteiger partial charge in [-0.25, -0.2) is 4.39 Å². The van der Waals surface area contributed by atoms with Crippen LogP contribution >= 0.6 is 11.6 Å². The predicted octanol–water partition coefficient (Wildman–Crippen LogP) is 2.96. The molecule has 5 heteroatoms. The molecular weight excluding hydrogens is 241 g/mol. The van der Waals surface area contributed by atoms with E-state index in [-0.39, 0.29) is 22.7 Å². The van der Waals surface area contributed by atoms with Crippen molar-refractivity contribution in [1.82, 2.24) is 0 Å². The number of hydrogen-bond acceptors (Lipinski definition) is 2. The number of aliphatic imine (C=N–C) groups is 1. The van der Waals surface area contributed by atoms with E-state index in [1.165, 1.54) is 0 Å². The topological polar surface area (TPSA) is 64.4 Å². The highest BCUT2D eigenvalue weighted by Gasteiger charge is 2.15. The molecule has 1 aromatic carbocycles. The lowest BCUT2D eigenvalue weighted by Gasteiger charge is -2.17. The quantitative estimate of drug-likeness (QED) is 0.486. The molecule has 4 N–H and O–H groups in total. The summed E-state index contributed by atoms with van der Waals surface area (Å²) in [5.41, 5.74) is 11.4. The summed E-state index contributed by atoms with van der Waals surface area (Å²) in [6.45, 7) is 5.99. The Kier molecular flexibility index (Phi) is 3.98. The molecule has 0 aliphatic rings. The maximum Gasteiger partial charge on any atom is 0.152 e. The maximum atomic E-state index is 13.7. The van der Waals surface area contributed by atoms with E-state index in [9.17, 15) is 4.39 Å². The fraction of sp³-hybridized carbons (Fsp3) is 0.417. The minimum Gasteiger partial charge on any atom is -0.395 e. The molecule has 1 aromatic rings. The lowest BCUT2D eigenvalue weighted by Crippen LogP contribution is -2.29. The fourth-order valence-corrected chi connectivity index (χ4v) is 1.29. The zero-order chi connectivity index (χ0) is 13.2. The number of nitrogen functional groups attached to an aromatic ring is 1. The van der Waals surface area contributed by atoms with Crippen LogP contribution in [0.2, 0.25) is 5.02 Å². The number of hydrogen-bond donors (Lipinski definition) is 2. The number of nitrogens with zero attached hydrogens (tertiary/aromatic N) is 1. The van der Waals surface area contributed by atoms with E-state index in [0.717, 1.165) is 0 Å². The molecule has 0 saturated carbocycles. The van der Waals surface area contributed by atoms with Crippen molar-refractivity contribution in [2.75, 3.05) is 5.73 Å². The SMILES string of the molecule is CC(C)(C)C(N)=NCc1ccc(Cl)c(N)c1F. The molecule has 0 radical (unpaired) electrons. The highest BCUT2D eigenvalue weighted by molar-refractivity contribution is 6.33. The molecule has 0 atom stereocenters. The normalized spacial score (nSPS) is 12.9. The highest BCUT2D eigenvalue weighted by atomic mass is 35.5. The second-order valence-corrected chi connectivity index (χ2v) is 5.29. The van der Waals surface area contributed by atoms with Crippen molar-refractivity contribution in [2.45, 2.75) is 27.3 Å². The van der Waals surface area contributed by atoms with Crippen molar-refractivity contribution in [2.24, 2.45) is 16.1 Å². The van der Waals surface area contributed by atoms with Gasteiger partial charge in [-0.15, -0.1) is 0 Å². The first kappa shape index (κ1) is 13.8. The van der Waals surface area contributed by atoms with E-state index in [1.54, 1.807) is 12.1 Å². The summed E-state index contributed by atoms with van der Waals surface area (Å²) in [4.78, 5) is 4.15. The smallest absolute Gasteiger partial charge is 0.152 e. The molecular formula is C12H17ClFN3. The summed E-state index contributed by atoms with van der Waals surface area (Å²) in [5, 5.41) is 0.207. The Morgan fingerprint density at radius 1 is 1.41 bits per heavy atom. The predicted molar refractivity (Wildman–Crippen MR) is 70.6 cm³/mol. The van der Waals surface area contributed by atoms with E-state index in [2.05, 4.69) is 4.99 Å². The molecule has 0 saturated heterocycles. The van der Waals surface area contributed by atoms with Gasteiger partial charge in [0.2, 0.25) is 0 Å². The third kappa shape index (κ3) is 3.33. The maximum absolute atomic E-state index is 13.7. The van der Waals surface area contributed by atoms with Crippen molar-refractivity contribution in [1.29, 1.82) is 0 Å². The lowest BCUT2D eigenvalue weighted by molar-refractivity contribution is 0.578. The summed E-state index contributed by atoms with van der Waals surface area (Å²) in [6, 6.07) is 3.12. The zero-order valence-corrected chi connectivity index (χ0v) is 11.0. The van der Waals surface area contributed by atoms with Gasteiger partial charge in [0.25, 0.3) is 0 Å². The van der Waals surface area contributed by atoms with E-state index < -0.39 is 5.82 Å². The van der Waals surface area contributed by atoms with Crippen molar-refractivity contribution in [3.63, 3.8) is 0 Å². The van der Waals surface area contributed by atoms with Gasteiger partial charge in [-0.05, 0) is 6.07 Å². The Bertz CT molecular complexity index is 450. The van der Waals surface area contributed by atoms with E-state index in [4.69, 9.17) is 23.1 Å². The van der Waals surface area contributed by atoms with Crippen molar-refractivity contribution in [3.8, 4) is 0 Å². The second kappa shape index (κ2) is 4.92. The summed E-state index contributed by atoms with van der Waals surface area (Å²) < 4.78 is 13.7. The van der Waals surface area contributed by atoms with Crippen LogP contribution in [0.3, 0.4) is 0 Å². The first-order valence-electron chi connectivity index (χ1n) is 5.26. The van der Waals surface area contributed by atoms with Gasteiger partial charge in [-0.2, -0.15) is 0 Å². The molecule has 17 heavy (non-hydrogen) atoms. The molecule has 0 aliphatic heterocycles. The molecule has 94 valence electrons. The fourth-order valence-electron chi connectivity index (χ4n) is 1.14. The van der Waals surface area contributed by atoms with Crippen molar-refractivity contribution < 1.29 is 4.39 Å². The molecule has 0 unspecified atom stereocenters. The van der Waals surface area contributed by atoms with Crippen molar-refractivity contribution >= 4 is 23.1 Å². The van der Waals surface area contributed by atoms with Crippen LogP contribution in [-0.4, -0.2) is 5.84 Å². The number of rotatable bonds is 2. The van der Waals surface area contributed by atoms with Crippen LogP contribution in [0, 0.1) is 11.2 Å². The number of nitrogens with two attached hydrogens (primary N) is 2. The van der Waals surface area contributed by atoms with Gasteiger partial charge < -0.3 is 11.5 Å². The first-order chi connectivity index (χ1) is 7.73. The standard InChI is InChI=1S/C12H17ClFN3/c1-12(2,3)11(16)17-6-7-4-5-8(13)10(15)9(7)14/h4-5H,6,15H2,1-3H3,(H2,16,17). The molecule has 0 amide bonds. The molecule has 0 aromatic heterocycles. The minimum absolute atomic E-state index is 0.0475. The van der Waals surface area contributed by atoms with Crippen LogP contribution in [0.4, 0.5) is 10.1 Å². The largest absolute Gasteiger partial charge is 0.395 e. The summed E-state index contributed by atoms with van der Waals surface area (Å²) in [6.07, 6.45) is 0. The number of benzene rings is 1. The average molecular weight is 258 g/mol. The van der Waals surface area contributed by atoms with Gasteiger partial charge in [-0.1, -0.05) is 38.4 Å². The van der Waals surface area contributed by atoms with Crippen LogP contribution in [-0.2, 0) is 6.54 Å². The highest BCUT2D eigenvalue weighted by Crippen LogP contribution is 2.25. The van der Waals surface area contributed by atoms with Gasteiger partial charge in [-0.3, -0.25) is 4.99 Å². The molecule has 3 nitrogen and oxygen atoms in total. The van der Waals surface area contributed by atoms with Crippen LogP contribution in [0.5, 0.6) is 0 Å². The molecule has 0 fully saturated rings. The molecule has 0 heterocycles. The summed E-state index contributed by atoms with van der Waals surface area (Å²) >= 11 is 5.70. The second-order valence-electron chi connectivity index (χ2n) is 4.89. The number of amidine groups is 1. The summed E-state index contributed by atoms with van der Waals surface area (Å²) in [7, 11) is 0. The third-order valence-corrected chi connectivity index (χ3v) is 2.72. The Labute approximate surface area is 106 Å². The zero-order valence-electron chi connectivity index (χ0n) is 10.2. The minimum atomic E-state index is -0.525. The number of anilines is 1. The van der Waals surface area contributed by atoms with Gasteiger partial charge in [0, 0.05) is 11.0 Å². The molecule has 1 rings (SSSR count). The molecule has 0 aliphatic carbocycles. The van der Waals surface area contributed by atoms with Crippen LogP contribution < -0.4 is 11.5 Å². The van der Waals surface area contributed by atoms with Gasteiger partial charge in [0.1, 0.15) is 0 Å². The molecule has 0 bridgehead atoms. The van der Waals surface area contributed by atoms with Crippen molar-refractivity contribution in [3.05, 3.63) is 28.5 Å². The monoisotopic (exact) mass is 257 g/mol. The van der Waals surface area contributed by atoms with Crippen LogP contribution in [0.1, 0.15) is 26.3 Å². The first-order valence-corrected chi connectivity index (χ1v) is 5.64. The van der Waals surface area contributed by atoms with Crippen LogP contribution in [0.15, 0.2) is 17.1 Å².